The number of anilines is 3. The summed E-state index contributed by atoms with van der Waals surface area (Å²) in [5, 5.41) is 2.12. The van der Waals surface area contributed by atoms with Crippen molar-refractivity contribution in [1.82, 2.24) is 14.5 Å². The maximum atomic E-state index is 6.57. The van der Waals surface area contributed by atoms with Gasteiger partial charge in [-0.1, -0.05) is 0 Å². The average molecular weight is 427 g/mol. The van der Waals surface area contributed by atoms with Gasteiger partial charge in [-0.25, -0.2) is 9.97 Å². The molecular weight excluding hydrogens is 400 g/mol. The van der Waals surface area contributed by atoms with Crippen LogP contribution in [0.15, 0.2) is 17.5 Å². The zero-order valence-electron chi connectivity index (χ0n) is 17.1. The number of nitrogen functional groups attached to an aromatic ring is 1. The number of ether oxygens (including phenoxy) is 2. The summed E-state index contributed by atoms with van der Waals surface area (Å²) in [4.78, 5) is 14.0. The first kappa shape index (κ1) is 19.3. The van der Waals surface area contributed by atoms with Crippen LogP contribution in [0, 0.1) is 0 Å². The molecule has 2 aliphatic rings. The molecule has 0 atom stereocenters. The molecule has 5 rings (SSSR count). The largest absolute Gasteiger partial charge is 0.393 e. The van der Waals surface area contributed by atoms with E-state index >= 15 is 0 Å². The molecular formula is C21H26N6O2S. The summed E-state index contributed by atoms with van der Waals surface area (Å²) < 4.78 is 14.5. The number of rotatable bonds is 4. The first-order chi connectivity index (χ1) is 14.7. The van der Waals surface area contributed by atoms with E-state index in [4.69, 9.17) is 25.2 Å². The Labute approximate surface area is 179 Å². The summed E-state index contributed by atoms with van der Waals surface area (Å²) in [7, 11) is 2.08. The van der Waals surface area contributed by atoms with Crippen LogP contribution in [0.1, 0.15) is 11.5 Å². The number of hydrogen-bond donors (Lipinski definition) is 1. The van der Waals surface area contributed by atoms with E-state index in [9.17, 15) is 0 Å². The standard InChI is InChI=1S/C21H26N6O2S/c1-25-15(14-17-16(25)4-13-30-17)2-3-18-23-20(26-5-9-28-10-6-26)19(22)21(24-18)27-7-11-29-12-8-27/h2-4,13-14H,5-12,22H2,1H3. The van der Waals surface area contributed by atoms with Crippen LogP contribution >= 0.6 is 11.3 Å². The van der Waals surface area contributed by atoms with Gasteiger partial charge in [0.2, 0.25) is 0 Å². The quantitative estimate of drug-likeness (QED) is 0.686. The molecule has 8 nitrogen and oxygen atoms in total. The summed E-state index contributed by atoms with van der Waals surface area (Å²) in [5.74, 6) is 2.25. The van der Waals surface area contributed by atoms with E-state index in [-0.39, 0.29) is 0 Å². The van der Waals surface area contributed by atoms with Crippen molar-refractivity contribution in [3.63, 3.8) is 0 Å². The van der Waals surface area contributed by atoms with Gasteiger partial charge in [0.15, 0.2) is 17.5 Å². The molecule has 30 heavy (non-hydrogen) atoms. The van der Waals surface area contributed by atoms with Crippen LogP contribution in [-0.4, -0.2) is 67.1 Å². The van der Waals surface area contributed by atoms with E-state index in [2.05, 4.69) is 45.0 Å². The first-order valence-electron chi connectivity index (χ1n) is 10.2. The summed E-state index contributed by atoms with van der Waals surface area (Å²) in [5.41, 5.74) is 9.56. The molecule has 0 unspecified atom stereocenters. The lowest BCUT2D eigenvalue weighted by Gasteiger charge is -2.32. The Kier molecular flexibility index (Phi) is 5.32. The fourth-order valence-electron chi connectivity index (χ4n) is 3.96. The summed E-state index contributed by atoms with van der Waals surface area (Å²) in [6.07, 6.45) is 4.05. The Balaban J connectivity index is 1.52. The Morgan fingerprint density at radius 3 is 2.13 bits per heavy atom. The van der Waals surface area contributed by atoms with Gasteiger partial charge in [-0.05, 0) is 29.7 Å². The van der Waals surface area contributed by atoms with Crippen LogP contribution in [0.25, 0.3) is 22.4 Å². The van der Waals surface area contributed by atoms with Crippen LogP contribution in [0.2, 0.25) is 0 Å². The van der Waals surface area contributed by atoms with Crippen molar-refractivity contribution in [3.8, 4) is 0 Å². The molecule has 0 aliphatic carbocycles. The summed E-state index contributed by atoms with van der Waals surface area (Å²) >= 11 is 1.75. The van der Waals surface area contributed by atoms with Gasteiger partial charge in [0.1, 0.15) is 5.69 Å². The SMILES string of the molecule is Cn1c(C=Cc2nc(N3CCOCC3)c(N)c(N3CCOCC3)n2)cc2sccc21. The Bertz CT molecular complexity index is 1020. The Morgan fingerprint density at radius 2 is 1.57 bits per heavy atom. The first-order valence-corrected chi connectivity index (χ1v) is 11.1. The van der Waals surface area contributed by atoms with Crippen LogP contribution in [0.5, 0.6) is 0 Å². The number of morpholine rings is 2. The second-order valence-corrected chi connectivity index (χ2v) is 8.42. The zero-order chi connectivity index (χ0) is 20.5. The zero-order valence-corrected chi connectivity index (χ0v) is 17.9. The number of hydrogen-bond acceptors (Lipinski definition) is 8. The summed E-state index contributed by atoms with van der Waals surface area (Å²) in [6, 6.07) is 4.34. The number of aryl methyl sites for hydroxylation is 1. The lowest BCUT2D eigenvalue weighted by molar-refractivity contribution is 0.122. The third-order valence-corrected chi connectivity index (χ3v) is 6.50. The minimum atomic E-state index is 0.635. The molecule has 0 bridgehead atoms. The Morgan fingerprint density at radius 1 is 0.967 bits per heavy atom. The third kappa shape index (κ3) is 3.64. The number of aromatic nitrogens is 3. The lowest BCUT2D eigenvalue weighted by atomic mass is 10.3. The maximum Gasteiger partial charge on any atom is 0.158 e. The fourth-order valence-corrected chi connectivity index (χ4v) is 4.82. The van der Waals surface area contributed by atoms with Gasteiger partial charge in [-0.3, -0.25) is 0 Å². The van der Waals surface area contributed by atoms with Gasteiger partial charge >= 0.3 is 0 Å². The van der Waals surface area contributed by atoms with E-state index < -0.39 is 0 Å². The van der Waals surface area contributed by atoms with E-state index in [1.807, 2.05) is 6.08 Å². The van der Waals surface area contributed by atoms with Gasteiger partial charge in [0.25, 0.3) is 0 Å². The highest BCUT2D eigenvalue weighted by molar-refractivity contribution is 7.17. The molecule has 3 aromatic heterocycles. The van der Waals surface area contributed by atoms with Gasteiger partial charge < -0.3 is 29.6 Å². The van der Waals surface area contributed by atoms with Crippen molar-refractivity contribution in [2.24, 2.45) is 7.05 Å². The van der Waals surface area contributed by atoms with Crippen LogP contribution in [0.4, 0.5) is 17.3 Å². The predicted molar refractivity (Wildman–Crippen MR) is 122 cm³/mol. The topological polar surface area (TPSA) is 81.7 Å². The highest BCUT2D eigenvalue weighted by atomic mass is 32.1. The number of nitrogens with two attached hydrogens (primary N) is 1. The summed E-state index contributed by atoms with van der Waals surface area (Å²) in [6.45, 7) is 5.84. The van der Waals surface area contributed by atoms with Gasteiger partial charge in [-0.2, -0.15) is 0 Å². The fraction of sp³-hybridized carbons (Fsp3) is 0.429. The molecule has 5 heterocycles. The molecule has 2 saturated heterocycles. The minimum Gasteiger partial charge on any atom is -0.393 e. The van der Waals surface area contributed by atoms with E-state index in [0.717, 1.165) is 43.5 Å². The molecule has 158 valence electrons. The second-order valence-electron chi connectivity index (χ2n) is 7.47. The molecule has 2 N–H and O–H groups in total. The van der Waals surface area contributed by atoms with Gasteiger partial charge in [0.05, 0.1) is 36.6 Å². The van der Waals surface area contributed by atoms with Gasteiger partial charge in [0, 0.05) is 38.9 Å². The average Bonchev–Trinajstić information content (AvgIpc) is 3.37. The molecule has 2 aliphatic heterocycles. The van der Waals surface area contributed by atoms with Crippen molar-refractivity contribution in [2.75, 3.05) is 68.1 Å². The third-order valence-electron chi connectivity index (χ3n) is 5.65. The molecule has 0 saturated carbocycles. The Hall–Kier alpha value is -2.62. The number of thiophene rings is 1. The highest BCUT2D eigenvalue weighted by Crippen LogP contribution is 2.32. The van der Waals surface area contributed by atoms with Crippen molar-refractivity contribution >= 4 is 51.0 Å². The highest BCUT2D eigenvalue weighted by Gasteiger charge is 2.23. The monoisotopic (exact) mass is 426 g/mol. The van der Waals surface area contributed by atoms with Crippen LogP contribution < -0.4 is 15.5 Å². The molecule has 0 amide bonds. The normalized spacial score (nSPS) is 18.0. The molecule has 2 fully saturated rings. The van der Waals surface area contributed by atoms with E-state index in [1.165, 1.54) is 10.2 Å². The molecule has 0 aromatic carbocycles. The van der Waals surface area contributed by atoms with Crippen LogP contribution in [-0.2, 0) is 16.5 Å². The smallest absolute Gasteiger partial charge is 0.158 e. The second kappa shape index (κ2) is 8.25. The van der Waals surface area contributed by atoms with Crippen molar-refractivity contribution in [2.45, 2.75) is 0 Å². The van der Waals surface area contributed by atoms with Gasteiger partial charge in [-0.15, -0.1) is 11.3 Å². The number of nitrogens with zero attached hydrogens (tertiary/aromatic N) is 5. The van der Waals surface area contributed by atoms with Crippen molar-refractivity contribution < 1.29 is 9.47 Å². The van der Waals surface area contributed by atoms with Crippen molar-refractivity contribution in [1.29, 1.82) is 0 Å². The van der Waals surface area contributed by atoms with E-state index in [1.54, 1.807) is 11.3 Å². The van der Waals surface area contributed by atoms with E-state index in [0.29, 0.717) is 37.9 Å². The van der Waals surface area contributed by atoms with Crippen molar-refractivity contribution in [3.05, 3.63) is 29.0 Å². The predicted octanol–water partition coefficient (Wildman–Crippen LogP) is 2.46. The lowest BCUT2D eigenvalue weighted by Crippen LogP contribution is -2.40. The molecule has 9 heteroatoms. The number of fused-ring (bicyclic) bond motifs is 1. The van der Waals surface area contributed by atoms with Crippen LogP contribution in [0.3, 0.4) is 0 Å². The maximum absolute atomic E-state index is 6.57. The minimum absolute atomic E-state index is 0.635. The molecule has 0 spiro atoms. The molecule has 0 radical (unpaired) electrons. The molecule has 3 aromatic rings.